The van der Waals surface area contributed by atoms with E-state index in [9.17, 15) is 0 Å². The Bertz CT molecular complexity index is 901. The minimum atomic E-state index is 0.288. The average molecular weight is 318 g/mol. The molecule has 0 saturated heterocycles. The second kappa shape index (κ2) is 5.13. The standard InChI is InChI=1S/C20H18N2O2/c1-13-18-19-14(11-23-17-10-6-5-9-16(17)19)12-24-20(18)22(21-13)15-7-3-2-4-8-15/h2-10,14,19H,11-12H2,1H3/t14-,19+/m1/s1. The Hall–Kier alpha value is -2.75. The number of ether oxygens (including phenoxy) is 2. The van der Waals surface area contributed by atoms with E-state index in [-0.39, 0.29) is 5.92 Å². The van der Waals surface area contributed by atoms with Crippen LogP contribution in [-0.2, 0) is 0 Å². The van der Waals surface area contributed by atoms with Crippen molar-refractivity contribution in [3.63, 3.8) is 0 Å². The van der Waals surface area contributed by atoms with Crippen molar-refractivity contribution in [1.29, 1.82) is 0 Å². The van der Waals surface area contributed by atoms with Crippen molar-refractivity contribution in [2.75, 3.05) is 13.2 Å². The summed E-state index contributed by atoms with van der Waals surface area (Å²) in [7, 11) is 0. The summed E-state index contributed by atoms with van der Waals surface area (Å²) in [6.45, 7) is 3.42. The van der Waals surface area contributed by atoms with E-state index in [0.717, 1.165) is 23.0 Å². The van der Waals surface area contributed by atoms with Crippen LogP contribution in [0.3, 0.4) is 0 Å². The summed E-state index contributed by atoms with van der Waals surface area (Å²) in [5.74, 6) is 2.48. The smallest absolute Gasteiger partial charge is 0.220 e. The summed E-state index contributed by atoms with van der Waals surface area (Å²) < 4.78 is 14.0. The number of benzene rings is 2. The number of hydrogen-bond acceptors (Lipinski definition) is 3. The zero-order chi connectivity index (χ0) is 16.1. The van der Waals surface area contributed by atoms with E-state index in [2.05, 4.69) is 37.3 Å². The number of para-hydroxylation sites is 2. The SMILES string of the molecule is Cc1nn(-c2ccccc2)c2c1[C@@H]1c3ccccc3OC[C@@H]1CO2. The van der Waals surface area contributed by atoms with Crippen molar-refractivity contribution >= 4 is 0 Å². The van der Waals surface area contributed by atoms with E-state index in [4.69, 9.17) is 14.6 Å². The Kier molecular flexibility index (Phi) is 2.92. The van der Waals surface area contributed by atoms with E-state index in [1.54, 1.807) is 0 Å². The second-order valence-electron chi connectivity index (χ2n) is 6.45. The lowest BCUT2D eigenvalue weighted by Crippen LogP contribution is -2.35. The van der Waals surface area contributed by atoms with Crippen molar-refractivity contribution in [1.82, 2.24) is 9.78 Å². The van der Waals surface area contributed by atoms with Gasteiger partial charge in [-0.3, -0.25) is 0 Å². The van der Waals surface area contributed by atoms with Crippen LogP contribution in [0.15, 0.2) is 54.6 Å². The lowest BCUT2D eigenvalue weighted by molar-refractivity contribution is 0.121. The first kappa shape index (κ1) is 13.7. The third-order valence-electron chi connectivity index (χ3n) is 4.99. The van der Waals surface area contributed by atoms with Gasteiger partial charge < -0.3 is 9.47 Å². The molecule has 24 heavy (non-hydrogen) atoms. The van der Waals surface area contributed by atoms with E-state index >= 15 is 0 Å². The number of rotatable bonds is 1. The normalized spacial score (nSPS) is 21.0. The molecule has 2 aromatic carbocycles. The van der Waals surface area contributed by atoms with Crippen LogP contribution in [-0.4, -0.2) is 23.0 Å². The van der Waals surface area contributed by atoms with E-state index < -0.39 is 0 Å². The molecule has 0 spiro atoms. The number of aryl methyl sites for hydroxylation is 1. The molecule has 0 unspecified atom stereocenters. The quantitative estimate of drug-likeness (QED) is 0.686. The van der Waals surface area contributed by atoms with Gasteiger partial charge in [0, 0.05) is 23.0 Å². The van der Waals surface area contributed by atoms with Crippen molar-refractivity contribution < 1.29 is 9.47 Å². The Morgan fingerprint density at radius 1 is 0.958 bits per heavy atom. The number of aromatic nitrogens is 2. The van der Waals surface area contributed by atoms with Gasteiger partial charge in [-0.1, -0.05) is 36.4 Å². The fourth-order valence-electron chi connectivity index (χ4n) is 3.90. The van der Waals surface area contributed by atoms with Crippen molar-refractivity contribution in [3.8, 4) is 17.3 Å². The Balaban J connectivity index is 1.71. The lowest BCUT2D eigenvalue weighted by atomic mass is 9.78. The lowest BCUT2D eigenvalue weighted by Gasteiger charge is -2.37. The summed E-state index contributed by atoms with van der Waals surface area (Å²) in [4.78, 5) is 0. The van der Waals surface area contributed by atoms with Gasteiger partial charge in [-0.15, -0.1) is 0 Å². The number of hydrogen-bond donors (Lipinski definition) is 0. The molecular weight excluding hydrogens is 300 g/mol. The number of fused-ring (bicyclic) bond motifs is 5. The van der Waals surface area contributed by atoms with Crippen molar-refractivity contribution in [2.45, 2.75) is 12.8 Å². The van der Waals surface area contributed by atoms with Gasteiger partial charge >= 0.3 is 0 Å². The van der Waals surface area contributed by atoms with Crippen LogP contribution in [0.5, 0.6) is 11.6 Å². The molecular formula is C20H18N2O2. The molecule has 3 heterocycles. The van der Waals surface area contributed by atoms with E-state index in [1.807, 2.05) is 28.9 Å². The van der Waals surface area contributed by atoms with Crippen LogP contribution in [0.2, 0.25) is 0 Å². The summed E-state index contributed by atoms with van der Waals surface area (Å²) in [6, 6.07) is 18.5. The van der Waals surface area contributed by atoms with Gasteiger partial charge in [0.15, 0.2) is 0 Å². The summed E-state index contributed by atoms with van der Waals surface area (Å²) in [6.07, 6.45) is 0. The fraction of sp³-hybridized carbons (Fsp3) is 0.250. The molecule has 3 aromatic rings. The van der Waals surface area contributed by atoms with Gasteiger partial charge in [0.05, 0.1) is 24.6 Å². The van der Waals surface area contributed by atoms with Gasteiger partial charge in [0.1, 0.15) is 5.75 Å². The van der Waals surface area contributed by atoms with Crippen LogP contribution < -0.4 is 9.47 Å². The molecule has 0 radical (unpaired) electrons. The predicted octanol–water partition coefficient (Wildman–Crippen LogP) is 3.71. The van der Waals surface area contributed by atoms with Crippen LogP contribution in [0.1, 0.15) is 22.7 Å². The van der Waals surface area contributed by atoms with Gasteiger partial charge in [0.2, 0.25) is 5.88 Å². The van der Waals surface area contributed by atoms with Crippen molar-refractivity contribution in [2.24, 2.45) is 5.92 Å². The Morgan fingerprint density at radius 2 is 1.71 bits per heavy atom. The molecule has 0 N–H and O–H groups in total. The van der Waals surface area contributed by atoms with Crippen molar-refractivity contribution in [3.05, 3.63) is 71.4 Å². The molecule has 0 fully saturated rings. The highest BCUT2D eigenvalue weighted by Crippen LogP contribution is 2.48. The van der Waals surface area contributed by atoms with Crippen LogP contribution in [0, 0.1) is 12.8 Å². The second-order valence-corrected chi connectivity index (χ2v) is 6.45. The molecule has 0 amide bonds. The van der Waals surface area contributed by atoms with Gasteiger partial charge in [-0.2, -0.15) is 5.10 Å². The zero-order valence-corrected chi connectivity index (χ0v) is 13.5. The zero-order valence-electron chi connectivity index (χ0n) is 13.5. The average Bonchev–Trinajstić information content (AvgIpc) is 2.99. The van der Waals surface area contributed by atoms with Gasteiger partial charge in [0.25, 0.3) is 0 Å². The Labute approximate surface area is 140 Å². The molecule has 2 aliphatic heterocycles. The maximum atomic E-state index is 6.13. The fourth-order valence-corrected chi connectivity index (χ4v) is 3.90. The number of nitrogens with zero attached hydrogens (tertiary/aromatic N) is 2. The molecule has 1 aromatic heterocycles. The molecule has 0 aliphatic carbocycles. The van der Waals surface area contributed by atoms with E-state index in [0.29, 0.717) is 19.1 Å². The molecule has 0 saturated carbocycles. The first-order valence-electron chi connectivity index (χ1n) is 8.32. The summed E-state index contributed by atoms with van der Waals surface area (Å²) >= 11 is 0. The molecule has 120 valence electrons. The molecule has 5 rings (SSSR count). The maximum Gasteiger partial charge on any atom is 0.220 e. The third kappa shape index (κ3) is 1.89. The van der Waals surface area contributed by atoms with Gasteiger partial charge in [-0.05, 0) is 25.1 Å². The first-order chi connectivity index (χ1) is 11.8. The van der Waals surface area contributed by atoms with E-state index in [1.165, 1.54) is 11.1 Å². The predicted molar refractivity (Wildman–Crippen MR) is 91.1 cm³/mol. The largest absolute Gasteiger partial charge is 0.493 e. The molecule has 4 nitrogen and oxygen atoms in total. The minimum absolute atomic E-state index is 0.288. The highest BCUT2D eigenvalue weighted by Gasteiger charge is 2.41. The monoisotopic (exact) mass is 318 g/mol. The molecule has 4 heteroatoms. The molecule has 2 atom stereocenters. The third-order valence-corrected chi connectivity index (χ3v) is 4.99. The first-order valence-corrected chi connectivity index (χ1v) is 8.32. The molecule has 0 bridgehead atoms. The van der Waals surface area contributed by atoms with Crippen LogP contribution in [0.4, 0.5) is 0 Å². The summed E-state index contributed by atoms with van der Waals surface area (Å²) in [5.41, 5.74) is 4.50. The topological polar surface area (TPSA) is 36.3 Å². The van der Waals surface area contributed by atoms with Crippen LogP contribution in [0.25, 0.3) is 5.69 Å². The van der Waals surface area contributed by atoms with Crippen LogP contribution >= 0.6 is 0 Å². The minimum Gasteiger partial charge on any atom is -0.493 e. The van der Waals surface area contributed by atoms with Gasteiger partial charge in [-0.25, -0.2) is 4.68 Å². The molecule has 2 aliphatic rings. The Morgan fingerprint density at radius 3 is 2.58 bits per heavy atom. The maximum absolute atomic E-state index is 6.13. The highest BCUT2D eigenvalue weighted by atomic mass is 16.5. The summed E-state index contributed by atoms with van der Waals surface area (Å²) in [5, 5.41) is 4.78. The highest BCUT2D eigenvalue weighted by molar-refractivity contribution is 5.52.